The zero-order valence-corrected chi connectivity index (χ0v) is 27.8. The van der Waals surface area contributed by atoms with Gasteiger partial charge in [-0.05, 0) is 76.9 Å². The van der Waals surface area contributed by atoms with Gasteiger partial charge in [-0.3, -0.25) is 9.59 Å². The lowest BCUT2D eigenvalue weighted by Gasteiger charge is -2.34. The van der Waals surface area contributed by atoms with Crippen LogP contribution in [0, 0.1) is 11.8 Å². The van der Waals surface area contributed by atoms with Crippen LogP contribution in [0.4, 0.5) is 0 Å². The van der Waals surface area contributed by atoms with Crippen LogP contribution in [-0.2, 0) is 24.5 Å². The van der Waals surface area contributed by atoms with Crippen LogP contribution in [0.1, 0.15) is 48.4 Å². The molecule has 2 N–H and O–H groups in total. The van der Waals surface area contributed by atoms with Crippen molar-refractivity contribution < 1.29 is 38.7 Å². The fourth-order valence-electron chi connectivity index (χ4n) is 6.95. The second kappa shape index (κ2) is 15.1. The molecule has 0 saturated carbocycles. The molecule has 4 aromatic rings. The monoisotopic (exact) mass is 662 g/mol. The molecule has 0 bridgehead atoms. The quantitative estimate of drug-likeness (QED) is 0.113. The van der Waals surface area contributed by atoms with Gasteiger partial charge in [0, 0.05) is 0 Å². The fourth-order valence-corrected chi connectivity index (χ4v) is 6.95. The predicted molar refractivity (Wildman–Crippen MR) is 185 cm³/mol. The van der Waals surface area contributed by atoms with E-state index in [-0.39, 0.29) is 19.8 Å². The zero-order chi connectivity index (χ0) is 34.4. The number of fused-ring (bicyclic) bond motifs is 3. The van der Waals surface area contributed by atoms with Crippen molar-refractivity contribution in [2.45, 2.75) is 43.8 Å². The summed E-state index contributed by atoms with van der Waals surface area (Å²) in [7, 11) is 1.30. The number of allylic oxidation sites excluding steroid dienone is 2. The van der Waals surface area contributed by atoms with Gasteiger partial charge in [0.25, 0.3) is 0 Å². The molecule has 2 aliphatic carbocycles. The predicted octanol–water partition coefficient (Wildman–Crippen LogP) is 6.24. The minimum atomic E-state index is -1.06. The van der Waals surface area contributed by atoms with E-state index < -0.39 is 41.4 Å². The van der Waals surface area contributed by atoms with Gasteiger partial charge in [-0.2, -0.15) is 0 Å². The van der Waals surface area contributed by atoms with E-state index in [1.807, 2.05) is 55.5 Å². The molecule has 0 aromatic heterocycles. The van der Waals surface area contributed by atoms with Crippen LogP contribution in [0.5, 0.6) is 11.5 Å². The molecule has 4 unspecified atom stereocenters. The smallest absolute Gasteiger partial charge is 0.310 e. The van der Waals surface area contributed by atoms with Crippen molar-refractivity contribution in [3.8, 4) is 22.6 Å². The summed E-state index contributed by atoms with van der Waals surface area (Å²) in [5, 5.41) is 20.6. The number of methoxy groups -OCH3 is 1. The summed E-state index contributed by atoms with van der Waals surface area (Å²) in [6, 6.07) is 32.9. The van der Waals surface area contributed by atoms with Crippen molar-refractivity contribution in [2.24, 2.45) is 11.8 Å². The normalized spacial score (nSPS) is 18.4. The molecule has 0 saturated heterocycles. The second-order valence-corrected chi connectivity index (χ2v) is 12.5. The highest BCUT2D eigenvalue weighted by molar-refractivity contribution is 5.86. The van der Waals surface area contributed by atoms with Crippen LogP contribution in [0.2, 0.25) is 0 Å². The lowest BCUT2D eigenvalue weighted by molar-refractivity contribution is -0.161. The third kappa shape index (κ3) is 6.84. The lowest BCUT2D eigenvalue weighted by atomic mass is 9.68. The molecule has 8 nitrogen and oxygen atoms in total. The molecule has 8 heteroatoms. The summed E-state index contributed by atoms with van der Waals surface area (Å²) < 4.78 is 22.0. The van der Waals surface area contributed by atoms with E-state index in [4.69, 9.17) is 18.9 Å². The molecule has 0 fully saturated rings. The number of hydrogen-bond acceptors (Lipinski definition) is 8. The first kappa shape index (κ1) is 34.0. The van der Waals surface area contributed by atoms with E-state index in [0.29, 0.717) is 30.8 Å². The van der Waals surface area contributed by atoms with Crippen LogP contribution >= 0.6 is 0 Å². The van der Waals surface area contributed by atoms with Gasteiger partial charge in [-0.1, -0.05) is 91.9 Å². The Kier molecular flexibility index (Phi) is 10.5. The summed E-state index contributed by atoms with van der Waals surface area (Å²) in [5.74, 6) is -0.970. The van der Waals surface area contributed by atoms with Gasteiger partial charge in [-0.15, -0.1) is 0 Å². The van der Waals surface area contributed by atoms with E-state index in [1.165, 1.54) is 29.4 Å². The van der Waals surface area contributed by atoms with Gasteiger partial charge in [-0.25, -0.2) is 0 Å². The molecular weight excluding hydrogens is 620 g/mol. The van der Waals surface area contributed by atoms with Crippen LogP contribution in [-0.4, -0.2) is 61.3 Å². The second-order valence-electron chi connectivity index (χ2n) is 12.5. The number of aliphatic hydroxyl groups excluding tert-OH is 2. The number of carbonyl (C=O) groups is 2. The topological polar surface area (TPSA) is 112 Å². The van der Waals surface area contributed by atoms with Crippen molar-refractivity contribution in [1.29, 1.82) is 0 Å². The van der Waals surface area contributed by atoms with E-state index in [2.05, 4.69) is 60.7 Å². The Labute approximate surface area is 286 Å². The Morgan fingerprint density at radius 2 is 1.14 bits per heavy atom. The van der Waals surface area contributed by atoms with Gasteiger partial charge in [0.15, 0.2) is 0 Å². The molecule has 0 heterocycles. The third-order valence-corrected chi connectivity index (χ3v) is 9.54. The third-order valence-electron chi connectivity index (χ3n) is 9.54. The first-order valence-corrected chi connectivity index (χ1v) is 16.8. The minimum absolute atomic E-state index is 0.0807. The summed E-state index contributed by atoms with van der Waals surface area (Å²) in [6.45, 7) is 1.83. The van der Waals surface area contributed by atoms with E-state index >= 15 is 0 Å². The maximum atomic E-state index is 12.8. The minimum Gasteiger partial charge on any atom is -0.491 e. The van der Waals surface area contributed by atoms with Crippen molar-refractivity contribution in [2.75, 3.05) is 26.9 Å². The van der Waals surface area contributed by atoms with Crippen LogP contribution in [0.25, 0.3) is 11.1 Å². The molecule has 0 aliphatic heterocycles. The molecule has 4 atom stereocenters. The molecule has 0 amide bonds. The Morgan fingerprint density at radius 3 is 1.63 bits per heavy atom. The summed E-state index contributed by atoms with van der Waals surface area (Å²) >= 11 is 0. The highest BCUT2D eigenvalue weighted by Crippen LogP contribution is 2.56. The largest absolute Gasteiger partial charge is 0.491 e. The number of hydrogen-bond donors (Lipinski definition) is 2. The van der Waals surface area contributed by atoms with E-state index in [1.54, 1.807) is 0 Å². The van der Waals surface area contributed by atoms with Crippen molar-refractivity contribution >= 4 is 11.9 Å². The number of carbonyl (C=O) groups excluding carboxylic acids is 2. The molecular formula is C41H42O8. The molecule has 6 rings (SSSR count). The van der Waals surface area contributed by atoms with Crippen LogP contribution in [0.3, 0.4) is 0 Å². The average Bonchev–Trinajstić information content (AvgIpc) is 3.46. The highest BCUT2D eigenvalue weighted by Gasteiger charge is 2.46. The van der Waals surface area contributed by atoms with Crippen molar-refractivity contribution in [3.05, 3.63) is 131 Å². The van der Waals surface area contributed by atoms with Gasteiger partial charge in [0.2, 0.25) is 0 Å². The first-order valence-electron chi connectivity index (χ1n) is 16.8. The van der Waals surface area contributed by atoms with E-state index in [0.717, 1.165) is 11.1 Å². The first-order chi connectivity index (χ1) is 23.9. The van der Waals surface area contributed by atoms with Crippen LogP contribution < -0.4 is 9.47 Å². The highest BCUT2D eigenvalue weighted by atomic mass is 16.6. The zero-order valence-electron chi connectivity index (χ0n) is 27.8. The SMILES string of the molecule is CCC(O)COc1ccc(C2(c3ccc(OCC(O)COC(=O)C4CC=CCC4C(=O)OC)cc3)c3ccccc3-c3ccccc32)cc1. The molecule has 0 spiro atoms. The molecule has 254 valence electrons. The van der Waals surface area contributed by atoms with Crippen LogP contribution in [0.15, 0.2) is 109 Å². The number of esters is 2. The van der Waals surface area contributed by atoms with Gasteiger partial charge in [0.1, 0.15) is 37.4 Å². The van der Waals surface area contributed by atoms with Gasteiger partial charge >= 0.3 is 11.9 Å². The molecule has 2 aliphatic rings. The number of aliphatic hydroxyl groups is 2. The summed E-state index contributed by atoms with van der Waals surface area (Å²) in [6.07, 6.45) is 3.56. The summed E-state index contributed by atoms with van der Waals surface area (Å²) in [5.41, 5.74) is 6.18. The maximum Gasteiger partial charge on any atom is 0.310 e. The number of rotatable bonds is 13. The maximum absolute atomic E-state index is 12.8. The number of ether oxygens (including phenoxy) is 4. The Hall–Kier alpha value is -4.92. The average molecular weight is 663 g/mol. The van der Waals surface area contributed by atoms with Gasteiger partial charge in [0.05, 0.1) is 30.5 Å². The van der Waals surface area contributed by atoms with Crippen molar-refractivity contribution in [1.82, 2.24) is 0 Å². The van der Waals surface area contributed by atoms with Crippen molar-refractivity contribution in [3.63, 3.8) is 0 Å². The molecule has 49 heavy (non-hydrogen) atoms. The number of benzene rings is 4. The fraction of sp³-hybridized carbons (Fsp3) is 0.317. The lowest BCUT2D eigenvalue weighted by Crippen LogP contribution is -2.35. The van der Waals surface area contributed by atoms with Gasteiger partial charge < -0.3 is 29.2 Å². The Balaban J connectivity index is 1.20. The Bertz CT molecular complexity index is 1730. The Morgan fingerprint density at radius 1 is 0.673 bits per heavy atom. The molecule has 4 aromatic carbocycles. The van der Waals surface area contributed by atoms with E-state index in [9.17, 15) is 19.8 Å². The molecule has 0 radical (unpaired) electrons. The standard InChI is InChI=1S/C41H42O8/c1-3-29(42)24-47-31-20-16-27(17-21-31)41(37-14-8-6-10-33(37)34-11-7-9-15-38(34)41)28-18-22-32(23-19-28)48-25-30(43)26-49-40(45)36-13-5-4-12-35(36)39(44)46-2/h4-11,14-23,29-30,35-36,42-43H,3,12-13,24-26H2,1-2H3. The summed E-state index contributed by atoms with van der Waals surface area (Å²) in [4.78, 5) is 24.9.